The normalized spacial score (nSPS) is 11.8. The summed E-state index contributed by atoms with van der Waals surface area (Å²) in [5.41, 5.74) is -0.491. The molecular weight excluding hydrogens is 367 g/mol. The molecule has 0 aliphatic carbocycles. The molecule has 0 heterocycles. The Morgan fingerprint density at radius 3 is 2.32 bits per heavy atom. The molecule has 0 aromatic heterocycles. The Balaban J connectivity index is 2.26. The average Bonchev–Trinajstić information content (AvgIpc) is 2.66. The molecule has 7 heteroatoms. The van der Waals surface area contributed by atoms with Crippen LogP contribution in [-0.2, 0) is 17.5 Å². The molecule has 0 aliphatic heterocycles. The number of nitrogens with zero attached hydrogens (tertiary/aromatic N) is 2. The maximum Gasteiger partial charge on any atom is 0.418 e. The molecule has 0 saturated heterocycles. The van der Waals surface area contributed by atoms with Gasteiger partial charge in [-0.1, -0.05) is 42.5 Å². The van der Waals surface area contributed by atoms with Crippen molar-refractivity contribution in [1.82, 2.24) is 4.90 Å². The number of halogens is 3. The van der Waals surface area contributed by atoms with Crippen molar-refractivity contribution in [1.29, 1.82) is 5.26 Å². The van der Waals surface area contributed by atoms with E-state index in [1.54, 1.807) is 6.07 Å². The second-order valence-corrected chi connectivity index (χ2v) is 6.37. The van der Waals surface area contributed by atoms with Crippen LogP contribution in [0.15, 0.2) is 66.4 Å². The van der Waals surface area contributed by atoms with Crippen LogP contribution >= 0.6 is 0 Å². The second kappa shape index (κ2) is 9.09. The predicted octanol–water partition coefficient (Wildman–Crippen LogP) is 4.96. The number of para-hydroxylation sites is 1. The summed E-state index contributed by atoms with van der Waals surface area (Å²) in [6.07, 6.45) is -3.53. The number of alkyl halides is 3. The molecule has 0 unspecified atom stereocenters. The molecule has 4 nitrogen and oxygen atoms in total. The van der Waals surface area contributed by atoms with E-state index in [0.29, 0.717) is 0 Å². The van der Waals surface area contributed by atoms with Gasteiger partial charge in [-0.15, -0.1) is 0 Å². The van der Waals surface area contributed by atoms with Crippen molar-refractivity contribution in [2.75, 3.05) is 5.32 Å². The zero-order chi connectivity index (χ0) is 20.7. The van der Waals surface area contributed by atoms with Crippen LogP contribution in [0.25, 0.3) is 0 Å². The number of carbonyl (C=O) groups excluding carboxylic acids is 1. The van der Waals surface area contributed by atoms with E-state index >= 15 is 0 Å². The minimum absolute atomic E-state index is 0.202. The molecule has 28 heavy (non-hydrogen) atoms. The number of amides is 1. The Hall–Kier alpha value is -3.27. The number of nitriles is 1. The topological polar surface area (TPSA) is 56.1 Å². The first kappa shape index (κ1) is 21.0. The fourth-order valence-corrected chi connectivity index (χ4v) is 2.57. The molecule has 0 bridgehead atoms. The minimum atomic E-state index is -4.55. The highest BCUT2D eigenvalue weighted by molar-refractivity contribution is 5.97. The van der Waals surface area contributed by atoms with Gasteiger partial charge in [-0.05, 0) is 31.5 Å². The number of hydrogen-bond acceptors (Lipinski definition) is 3. The Labute approximate surface area is 161 Å². The van der Waals surface area contributed by atoms with Crippen molar-refractivity contribution in [2.45, 2.75) is 32.6 Å². The maximum atomic E-state index is 13.1. The third-order valence-corrected chi connectivity index (χ3v) is 4.04. The first-order valence-corrected chi connectivity index (χ1v) is 8.62. The van der Waals surface area contributed by atoms with Gasteiger partial charge in [-0.2, -0.15) is 18.4 Å². The molecule has 0 atom stereocenters. The summed E-state index contributed by atoms with van der Waals surface area (Å²) >= 11 is 0. The molecular formula is C21H20F3N3O. The quantitative estimate of drug-likeness (QED) is 0.563. The smallest absolute Gasteiger partial charge is 0.360 e. The highest BCUT2D eigenvalue weighted by Gasteiger charge is 2.33. The van der Waals surface area contributed by atoms with Gasteiger partial charge in [-0.25, -0.2) is 0 Å². The number of anilines is 1. The molecule has 2 rings (SSSR count). The van der Waals surface area contributed by atoms with E-state index < -0.39 is 17.6 Å². The highest BCUT2D eigenvalue weighted by Crippen LogP contribution is 2.34. The van der Waals surface area contributed by atoms with Gasteiger partial charge in [0, 0.05) is 18.8 Å². The Bertz CT molecular complexity index is 884. The number of carbonyl (C=O) groups is 1. The van der Waals surface area contributed by atoms with Crippen molar-refractivity contribution in [3.05, 3.63) is 77.5 Å². The Morgan fingerprint density at radius 1 is 1.14 bits per heavy atom. The number of nitrogens with one attached hydrogen (secondary N) is 1. The van der Waals surface area contributed by atoms with Crippen molar-refractivity contribution in [2.24, 2.45) is 0 Å². The van der Waals surface area contributed by atoms with Crippen LogP contribution in [0.3, 0.4) is 0 Å². The maximum absolute atomic E-state index is 13.1. The van der Waals surface area contributed by atoms with Crippen molar-refractivity contribution in [3.63, 3.8) is 0 Å². The molecule has 0 radical (unpaired) electrons. The lowest BCUT2D eigenvalue weighted by Crippen LogP contribution is -2.37. The Morgan fingerprint density at radius 2 is 1.75 bits per heavy atom. The van der Waals surface area contributed by atoms with E-state index in [2.05, 4.69) is 5.32 Å². The number of hydrogen-bond donors (Lipinski definition) is 1. The first-order valence-electron chi connectivity index (χ1n) is 8.62. The zero-order valence-electron chi connectivity index (χ0n) is 15.5. The third kappa shape index (κ3) is 5.36. The van der Waals surface area contributed by atoms with E-state index in [1.165, 1.54) is 23.1 Å². The fraction of sp³-hybridized carbons (Fsp3) is 0.238. The van der Waals surface area contributed by atoms with Gasteiger partial charge in [0.15, 0.2) is 0 Å². The van der Waals surface area contributed by atoms with Gasteiger partial charge in [0.1, 0.15) is 11.6 Å². The predicted molar refractivity (Wildman–Crippen MR) is 101 cm³/mol. The number of benzene rings is 2. The first-order chi connectivity index (χ1) is 13.2. The van der Waals surface area contributed by atoms with Gasteiger partial charge in [0.05, 0.1) is 11.3 Å². The summed E-state index contributed by atoms with van der Waals surface area (Å²) in [5, 5.41) is 11.8. The van der Waals surface area contributed by atoms with Gasteiger partial charge in [-0.3, -0.25) is 4.79 Å². The minimum Gasteiger partial charge on any atom is -0.360 e. The summed E-state index contributed by atoms with van der Waals surface area (Å²) in [6, 6.07) is 15.7. The summed E-state index contributed by atoms with van der Waals surface area (Å²) in [7, 11) is 0. The monoisotopic (exact) mass is 387 g/mol. The van der Waals surface area contributed by atoms with Gasteiger partial charge < -0.3 is 10.2 Å². The van der Waals surface area contributed by atoms with Crippen molar-refractivity contribution < 1.29 is 18.0 Å². The molecule has 0 saturated carbocycles. The summed E-state index contributed by atoms with van der Waals surface area (Å²) in [4.78, 5) is 14.3. The van der Waals surface area contributed by atoms with Gasteiger partial charge in [0.25, 0.3) is 5.91 Å². The van der Waals surface area contributed by atoms with E-state index in [4.69, 9.17) is 0 Å². The van der Waals surface area contributed by atoms with Crippen molar-refractivity contribution >= 4 is 11.6 Å². The largest absolute Gasteiger partial charge is 0.418 e. The Kier molecular flexibility index (Phi) is 6.83. The van der Waals surface area contributed by atoms with Crippen LogP contribution < -0.4 is 5.32 Å². The molecule has 1 amide bonds. The van der Waals surface area contributed by atoms with Crippen LogP contribution in [0, 0.1) is 11.3 Å². The molecule has 1 N–H and O–H groups in total. The summed E-state index contributed by atoms with van der Waals surface area (Å²) in [5.74, 6) is -0.557. The molecule has 2 aromatic rings. The summed E-state index contributed by atoms with van der Waals surface area (Å²) < 4.78 is 39.3. The molecule has 2 aromatic carbocycles. The standard InChI is InChI=1S/C21H20F3N3O/c1-15(2)27(14-16-8-4-3-5-9-16)20(28)17(12-25)13-26-19-11-7-6-10-18(19)21(22,23)24/h3-11,13,15,26H,14H2,1-2H3/b17-13-. The SMILES string of the molecule is CC(C)N(Cc1ccccc1)C(=O)/C(C#N)=C\Nc1ccccc1C(F)(F)F. The molecule has 0 fully saturated rings. The van der Waals surface area contributed by atoms with E-state index in [0.717, 1.165) is 17.8 Å². The number of rotatable bonds is 6. The highest BCUT2D eigenvalue weighted by atomic mass is 19.4. The van der Waals surface area contributed by atoms with E-state index in [-0.39, 0.29) is 23.8 Å². The summed E-state index contributed by atoms with van der Waals surface area (Å²) in [6.45, 7) is 3.90. The van der Waals surface area contributed by atoms with Crippen molar-refractivity contribution in [3.8, 4) is 6.07 Å². The van der Waals surface area contributed by atoms with Crippen LogP contribution in [0.2, 0.25) is 0 Å². The lowest BCUT2D eigenvalue weighted by molar-refractivity contribution is -0.137. The average molecular weight is 387 g/mol. The second-order valence-electron chi connectivity index (χ2n) is 6.37. The van der Waals surface area contributed by atoms with Crippen LogP contribution in [0.5, 0.6) is 0 Å². The molecule has 0 spiro atoms. The molecule has 146 valence electrons. The van der Waals surface area contributed by atoms with E-state index in [9.17, 15) is 23.2 Å². The fourth-order valence-electron chi connectivity index (χ4n) is 2.57. The van der Waals surface area contributed by atoms with Gasteiger partial charge in [0.2, 0.25) is 0 Å². The van der Waals surface area contributed by atoms with Crippen LogP contribution in [0.1, 0.15) is 25.0 Å². The zero-order valence-corrected chi connectivity index (χ0v) is 15.5. The van der Waals surface area contributed by atoms with Crippen LogP contribution in [-0.4, -0.2) is 16.8 Å². The lowest BCUT2D eigenvalue weighted by Gasteiger charge is -2.26. The molecule has 0 aliphatic rings. The van der Waals surface area contributed by atoms with Crippen LogP contribution in [0.4, 0.5) is 18.9 Å². The third-order valence-electron chi connectivity index (χ3n) is 4.04. The van der Waals surface area contributed by atoms with E-state index in [1.807, 2.05) is 44.2 Å². The lowest BCUT2D eigenvalue weighted by atomic mass is 10.1. The van der Waals surface area contributed by atoms with Gasteiger partial charge >= 0.3 is 6.18 Å².